The number of nitrogens with zero attached hydrogens (tertiary/aromatic N) is 3. The summed E-state index contributed by atoms with van der Waals surface area (Å²) in [6.07, 6.45) is -0.970. The number of nitrogens with one attached hydrogen (secondary N) is 1. The molecule has 24 heavy (non-hydrogen) atoms. The lowest BCUT2D eigenvalue weighted by atomic mass is 10.3. The highest BCUT2D eigenvalue weighted by Crippen LogP contribution is 2.17. The summed E-state index contributed by atoms with van der Waals surface area (Å²) in [5.74, 6) is -2.62. The first-order valence-corrected chi connectivity index (χ1v) is 7.26. The number of amides is 1. The molecule has 2 aromatic carbocycles. The number of carbonyl (C=O) groups excluding carboxylic acids is 1. The molecule has 0 radical (unpaired) electrons. The number of anilines is 1. The van der Waals surface area contributed by atoms with Gasteiger partial charge in [-0.05, 0) is 42.5 Å². The van der Waals surface area contributed by atoms with Crippen molar-refractivity contribution >= 4 is 34.2 Å². The zero-order valence-electron chi connectivity index (χ0n) is 12.3. The fraction of sp³-hybridized carbons (Fsp3) is 0.133. The van der Waals surface area contributed by atoms with Crippen LogP contribution in [-0.2, 0) is 4.79 Å². The second kappa shape index (κ2) is 6.40. The molecule has 3 aromatic rings. The van der Waals surface area contributed by atoms with E-state index in [2.05, 4.69) is 15.6 Å². The molecule has 1 heterocycles. The number of carbonyl (C=O) groups is 1. The predicted octanol–water partition coefficient (Wildman–Crippen LogP) is 2.82. The first-order valence-electron chi connectivity index (χ1n) is 6.88. The second-order valence-corrected chi connectivity index (χ2v) is 5.40. The van der Waals surface area contributed by atoms with E-state index in [1.807, 2.05) is 0 Å². The third kappa shape index (κ3) is 3.28. The van der Waals surface area contributed by atoms with E-state index in [9.17, 15) is 13.6 Å². The molecule has 1 N–H and O–H groups in total. The van der Waals surface area contributed by atoms with Gasteiger partial charge in [-0.15, -0.1) is 5.10 Å². The lowest BCUT2D eigenvalue weighted by Crippen LogP contribution is -2.35. The molecule has 0 saturated carbocycles. The van der Waals surface area contributed by atoms with Crippen molar-refractivity contribution in [3.63, 3.8) is 0 Å². The summed E-state index contributed by atoms with van der Waals surface area (Å²) in [6.45, 7) is 1.48. The average Bonchev–Trinajstić information content (AvgIpc) is 2.93. The predicted molar refractivity (Wildman–Crippen MR) is 83.6 cm³/mol. The van der Waals surface area contributed by atoms with Crippen molar-refractivity contribution in [2.24, 2.45) is 0 Å². The van der Waals surface area contributed by atoms with Gasteiger partial charge in [0.2, 0.25) is 6.10 Å². The lowest BCUT2D eigenvalue weighted by Gasteiger charge is -2.14. The number of halogens is 3. The minimum atomic E-state index is -1.06. The van der Waals surface area contributed by atoms with Crippen LogP contribution in [0.4, 0.5) is 14.5 Å². The van der Waals surface area contributed by atoms with Crippen molar-refractivity contribution in [3.05, 3.63) is 53.1 Å². The summed E-state index contributed by atoms with van der Waals surface area (Å²) >= 11 is 5.91. The zero-order valence-corrected chi connectivity index (χ0v) is 13.1. The van der Waals surface area contributed by atoms with E-state index in [0.717, 1.165) is 17.0 Å². The van der Waals surface area contributed by atoms with Crippen LogP contribution >= 0.6 is 11.6 Å². The monoisotopic (exact) mass is 352 g/mol. The van der Waals surface area contributed by atoms with Crippen molar-refractivity contribution in [3.8, 4) is 0 Å². The van der Waals surface area contributed by atoms with Crippen LogP contribution in [0.2, 0.25) is 5.02 Å². The average molecular weight is 353 g/mol. The number of aromatic nitrogens is 3. The number of hydrogen-bond acceptors (Lipinski definition) is 4. The van der Waals surface area contributed by atoms with E-state index in [1.54, 1.807) is 18.2 Å². The molecule has 1 unspecified atom stereocenters. The highest BCUT2D eigenvalue weighted by molar-refractivity contribution is 6.31. The van der Waals surface area contributed by atoms with Gasteiger partial charge >= 0.3 is 0 Å². The topological polar surface area (TPSA) is 69.0 Å². The van der Waals surface area contributed by atoms with Gasteiger partial charge < -0.3 is 10.2 Å². The largest absolute Gasteiger partial charge is 0.382 e. The minimum absolute atomic E-state index is 0.112. The van der Waals surface area contributed by atoms with Crippen LogP contribution in [-0.4, -0.2) is 27.2 Å². The molecule has 9 heteroatoms. The smallest absolute Gasteiger partial charge is 0.267 e. The molecule has 6 nitrogen and oxygen atoms in total. The number of hydrogen-bond donors (Lipinski definition) is 1. The molecular weight excluding hydrogens is 342 g/mol. The molecule has 0 saturated heterocycles. The Kier molecular flexibility index (Phi) is 4.30. The normalized spacial score (nSPS) is 12.2. The molecular formula is C15H11ClF2N4O2. The van der Waals surface area contributed by atoms with Gasteiger partial charge in [-0.3, -0.25) is 4.79 Å². The first-order chi connectivity index (χ1) is 11.4. The molecule has 0 aliphatic carbocycles. The van der Waals surface area contributed by atoms with Gasteiger partial charge in [-0.1, -0.05) is 16.4 Å². The Morgan fingerprint density at radius 2 is 2.04 bits per heavy atom. The van der Waals surface area contributed by atoms with Crippen molar-refractivity contribution < 1.29 is 18.4 Å². The summed E-state index contributed by atoms with van der Waals surface area (Å²) < 4.78 is 26.0. The van der Waals surface area contributed by atoms with Gasteiger partial charge in [-0.25, -0.2) is 8.78 Å². The Bertz CT molecular complexity index is 916. The van der Waals surface area contributed by atoms with Crippen LogP contribution in [0.15, 0.2) is 36.4 Å². The third-order valence-corrected chi connectivity index (χ3v) is 3.43. The highest BCUT2D eigenvalue weighted by Gasteiger charge is 2.18. The maximum absolute atomic E-state index is 13.2. The van der Waals surface area contributed by atoms with Crippen LogP contribution in [0.25, 0.3) is 11.0 Å². The van der Waals surface area contributed by atoms with Crippen molar-refractivity contribution in [1.82, 2.24) is 15.2 Å². The quantitative estimate of drug-likeness (QED) is 0.784. The van der Waals surface area contributed by atoms with Crippen molar-refractivity contribution in [2.45, 2.75) is 13.0 Å². The molecule has 0 bridgehead atoms. The molecule has 0 aliphatic rings. The highest BCUT2D eigenvalue weighted by atomic mass is 35.5. The zero-order chi connectivity index (χ0) is 17.3. The third-order valence-electron chi connectivity index (χ3n) is 3.19. The number of rotatable bonds is 4. The SMILES string of the molecule is CC(On1nnc2ccc(Cl)cc21)C(=O)Nc1ccc(F)c(F)c1. The van der Waals surface area contributed by atoms with Crippen LogP contribution in [0.3, 0.4) is 0 Å². The van der Waals surface area contributed by atoms with E-state index in [-0.39, 0.29) is 5.69 Å². The van der Waals surface area contributed by atoms with E-state index in [1.165, 1.54) is 13.0 Å². The van der Waals surface area contributed by atoms with Crippen LogP contribution in [0.5, 0.6) is 0 Å². The van der Waals surface area contributed by atoms with Gasteiger partial charge in [0.25, 0.3) is 5.91 Å². The Morgan fingerprint density at radius 1 is 1.25 bits per heavy atom. The summed E-state index contributed by atoms with van der Waals surface area (Å²) in [5, 5.41) is 10.6. The summed E-state index contributed by atoms with van der Waals surface area (Å²) in [6, 6.07) is 7.96. The Morgan fingerprint density at radius 3 is 2.79 bits per heavy atom. The molecule has 1 amide bonds. The standard InChI is InChI=1S/C15H11ClF2N4O2/c1-8(15(23)19-10-3-4-11(17)12(18)7-10)24-22-14-6-9(16)2-5-13(14)20-21-22/h2-8H,1H3,(H,19,23). The lowest BCUT2D eigenvalue weighted by molar-refractivity contribution is -0.127. The summed E-state index contributed by atoms with van der Waals surface area (Å²) in [5.41, 5.74) is 1.16. The van der Waals surface area contributed by atoms with E-state index >= 15 is 0 Å². The number of benzene rings is 2. The minimum Gasteiger partial charge on any atom is -0.382 e. The van der Waals surface area contributed by atoms with E-state index < -0.39 is 23.6 Å². The fourth-order valence-electron chi connectivity index (χ4n) is 1.96. The molecule has 0 fully saturated rings. The maximum Gasteiger partial charge on any atom is 0.267 e. The molecule has 3 rings (SSSR count). The molecule has 1 atom stereocenters. The van der Waals surface area contributed by atoms with Crippen LogP contribution in [0.1, 0.15) is 6.92 Å². The van der Waals surface area contributed by atoms with Crippen LogP contribution in [0, 0.1) is 11.6 Å². The summed E-state index contributed by atoms with van der Waals surface area (Å²) in [7, 11) is 0. The number of fused-ring (bicyclic) bond motifs is 1. The first kappa shape index (κ1) is 16.1. The molecule has 0 spiro atoms. The second-order valence-electron chi connectivity index (χ2n) is 4.96. The molecule has 1 aromatic heterocycles. The van der Waals surface area contributed by atoms with Gasteiger partial charge in [0.05, 0.1) is 0 Å². The van der Waals surface area contributed by atoms with E-state index in [0.29, 0.717) is 16.1 Å². The van der Waals surface area contributed by atoms with Gasteiger partial charge in [0.15, 0.2) is 11.6 Å². The van der Waals surface area contributed by atoms with Crippen LogP contribution < -0.4 is 10.2 Å². The van der Waals surface area contributed by atoms with Crippen molar-refractivity contribution in [2.75, 3.05) is 5.32 Å². The van der Waals surface area contributed by atoms with Crippen molar-refractivity contribution in [1.29, 1.82) is 0 Å². The Balaban J connectivity index is 1.73. The van der Waals surface area contributed by atoms with E-state index in [4.69, 9.17) is 16.4 Å². The Labute approximate surface area is 139 Å². The van der Waals surface area contributed by atoms with Gasteiger partial charge in [0, 0.05) is 16.8 Å². The van der Waals surface area contributed by atoms with Gasteiger partial charge in [-0.2, -0.15) is 0 Å². The fourth-order valence-corrected chi connectivity index (χ4v) is 2.13. The van der Waals surface area contributed by atoms with Gasteiger partial charge in [0.1, 0.15) is 11.0 Å². The summed E-state index contributed by atoms with van der Waals surface area (Å²) in [4.78, 5) is 18.6. The molecule has 124 valence electrons. The maximum atomic E-state index is 13.2. The molecule has 0 aliphatic heterocycles. The Hall–Kier alpha value is -2.74.